The molecule has 0 bridgehead atoms. The molecule has 3 rings (SSSR count). The summed E-state index contributed by atoms with van der Waals surface area (Å²) in [5.41, 5.74) is 1.40. The van der Waals surface area contributed by atoms with E-state index in [1.54, 1.807) is 18.5 Å². The Balaban J connectivity index is 1.83. The van der Waals surface area contributed by atoms with Gasteiger partial charge in [0.1, 0.15) is 12.0 Å². The number of aromatic nitrogens is 3. The summed E-state index contributed by atoms with van der Waals surface area (Å²) in [6.07, 6.45) is 4.10. The molecule has 0 aromatic carbocycles. The summed E-state index contributed by atoms with van der Waals surface area (Å²) in [5.74, 6) is 0.483. The Morgan fingerprint density at radius 3 is 2.81 bits per heavy atom. The smallest absolute Gasteiger partial charge is 0.228 e. The lowest BCUT2D eigenvalue weighted by Crippen LogP contribution is -2.31. The molecular formula is C10H9N3O3. The van der Waals surface area contributed by atoms with Crippen LogP contribution in [0.5, 0.6) is 0 Å². The van der Waals surface area contributed by atoms with Crippen molar-refractivity contribution >= 4 is 0 Å². The molecule has 0 unspecified atom stereocenters. The fourth-order valence-electron chi connectivity index (χ4n) is 1.44. The van der Waals surface area contributed by atoms with E-state index in [-0.39, 0.29) is 6.29 Å². The molecule has 6 heteroatoms. The van der Waals surface area contributed by atoms with Gasteiger partial charge in [0, 0.05) is 0 Å². The SMILES string of the molecule is CC1OC(c2coc(-c3ccnnc3)n2)O1. The summed E-state index contributed by atoms with van der Waals surface area (Å²) in [5, 5.41) is 7.43. The van der Waals surface area contributed by atoms with Crippen LogP contribution in [0.25, 0.3) is 11.5 Å². The van der Waals surface area contributed by atoms with Crippen LogP contribution in [0, 0.1) is 0 Å². The molecule has 2 aromatic heterocycles. The molecule has 0 N–H and O–H groups in total. The van der Waals surface area contributed by atoms with Crippen molar-refractivity contribution in [3.8, 4) is 11.5 Å². The molecular weight excluding hydrogens is 210 g/mol. The highest BCUT2D eigenvalue weighted by Gasteiger charge is 2.31. The third-order valence-electron chi connectivity index (χ3n) is 2.23. The molecule has 82 valence electrons. The lowest BCUT2D eigenvalue weighted by atomic mass is 10.3. The molecule has 0 aliphatic carbocycles. The molecule has 1 saturated heterocycles. The maximum atomic E-state index is 5.30. The quantitative estimate of drug-likeness (QED) is 0.762. The summed E-state index contributed by atoms with van der Waals surface area (Å²) in [6.45, 7) is 1.82. The van der Waals surface area contributed by atoms with Gasteiger partial charge in [-0.1, -0.05) is 0 Å². The Hall–Kier alpha value is -1.79. The van der Waals surface area contributed by atoms with Gasteiger partial charge in [-0.15, -0.1) is 0 Å². The van der Waals surface area contributed by atoms with Gasteiger partial charge >= 0.3 is 0 Å². The molecule has 16 heavy (non-hydrogen) atoms. The van der Waals surface area contributed by atoms with E-state index in [0.29, 0.717) is 11.6 Å². The molecule has 0 radical (unpaired) electrons. The molecule has 1 aliphatic rings. The summed E-state index contributed by atoms with van der Waals surface area (Å²) in [4.78, 5) is 4.25. The Labute approximate surface area is 91.2 Å². The number of hydrogen-bond donors (Lipinski definition) is 0. The first-order valence-corrected chi connectivity index (χ1v) is 4.86. The van der Waals surface area contributed by atoms with Crippen LogP contribution in [0.4, 0.5) is 0 Å². The van der Waals surface area contributed by atoms with Crippen molar-refractivity contribution < 1.29 is 13.9 Å². The van der Waals surface area contributed by atoms with Gasteiger partial charge in [-0.25, -0.2) is 4.98 Å². The van der Waals surface area contributed by atoms with Crippen molar-refractivity contribution in [3.05, 3.63) is 30.4 Å². The van der Waals surface area contributed by atoms with Gasteiger partial charge in [-0.3, -0.25) is 0 Å². The lowest BCUT2D eigenvalue weighted by molar-refractivity contribution is -0.383. The number of oxazole rings is 1. The average molecular weight is 219 g/mol. The van der Waals surface area contributed by atoms with Crippen LogP contribution >= 0.6 is 0 Å². The van der Waals surface area contributed by atoms with Crippen molar-refractivity contribution in [2.45, 2.75) is 19.5 Å². The van der Waals surface area contributed by atoms with Gasteiger partial charge < -0.3 is 13.9 Å². The highest BCUT2D eigenvalue weighted by molar-refractivity contribution is 5.50. The first kappa shape index (κ1) is 9.44. The predicted molar refractivity (Wildman–Crippen MR) is 51.9 cm³/mol. The molecule has 2 aromatic rings. The van der Waals surface area contributed by atoms with Crippen LogP contribution in [0.3, 0.4) is 0 Å². The molecule has 1 aliphatic heterocycles. The van der Waals surface area contributed by atoms with Gasteiger partial charge in [0.25, 0.3) is 0 Å². The second-order valence-electron chi connectivity index (χ2n) is 3.38. The Kier molecular flexibility index (Phi) is 2.16. The van der Waals surface area contributed by atoms with Crippen molar-refractivity contribution in [2.75, 3.05) is 0 Å². The minimum atomic E-state index is -0.415. The van der Waals surface area contributed by atoms with Gasteiger partial charge in [0.05, 0.1) is 18.0 Å². The normalized spacial score (nSPS) is 24.1. The Bertz CT molecular complexity index is 479. The summed E-state index contributed by atoms with van der Waals surface area (Å²) >= 11 is 0. The zero-order valence-electron chi connectivity index (χ0n) is 8.53. The molecule has 0 amide bonds. The van der Waals surface area contributed by atoms with Crippen LogP contribution in [0.1, 0.15) is 18.9 Å². The van der Waals surface area contributed by atoms with Crippen molar-refractivity contribution in [3.63, 3.8) is 0 Å². The largest absolute Gasteiger partial charge is 0.444 e. The Morgan fingerprint density at radius 1 is 1.25 bits per heavy atom. The van der Waals surface area contributed by atoms with E-state index < -0.39 is 6.29 Å². The van der Waals surface area contributed by atoms with Crippen molar-refractivity contribution in [2.24, 2.45) is 0 Å². The molecule has 0 spiro atoms. The van der Waals surface area contributed by atoms with Gasteiger partial charge in [-0.05, 0) is 13.0 Å². The topological polar surface area (TPSA) is 70.3 Å². The number of nitrogens with zero attached hydrogens (tertiary/aromatic N) is 3. The fourth-order valence-corrected chi connectivity index (χ4v) is 1.44. The molecule has 0 saturated carbocycles. The molecule has 0 atom stereocenters. The van der Waals surface area contributed by atoms with Crippen molar-refractivity contribution in [1.82, 2.24) is 15.2 Å². The second kappa shape index (κ2) is 3.66. The average Bonchev–Trinajstić information content (AvgIpc) is 2.75. The maximum Gasteiger partial charge on any atom is 0.228 e. The highest BCUT2D eigenvalue weighted by Crippen LogP contribution is 2.31. The standard InChI is InChI=1S/C10H9N3O3/c1-6-15-10(16-6)8-5-14-9(13-8)7-2-3-11-12-4-7/h2-6,10H,1H3. The second-order valence-corrected chi connectivity index (χ2v) is 3.38. The summed E-state index contributed by atoms with van der Waals surface area (Å²) in [6, 6.07) is 1.77. The summed E-state index contributed by atoms with van der Waals surface area (Å²) in [7, 11) is 0. The number of rotatable bonds is 2. The minimum Gasteiger partial charge on any atom is -0.444 e. The fraction of sp³-hybridized carbons (Fsp3) is 0.300. The maximum absolute atomic E-state index is 5.30. The van der Waals surface area contributed by atoms with Gasteiger partial charge in [0.2, 0.25) is 12.2 Å². The van der Waals surface area contributed by atoms with E-state index in [0.717, 1.165) is 5.56 Å². The first-order chi connectivity index (χ1) is 7.83. The van der Waals surface area contributed by atoms with E-state index in [2.05, 4.69) is 15.2 Å². The minimum absolute atomic E-state index is 0.173. The van der Waals surface area contributed by atoms with Gasteiger partial charge in [0.15, 0.2) is 6.29 Å². The number of hydrogen-bond acceptors (Lipinski definition) is 6. The highest BCUT2D eigenvalue weighted by atomic mass is 16.9. The first-order valence-electron chi connectivity index (χ1n) is 4.86. The van der Waals surface area contributed by atoms with E-state index >= 15 is 0 Å². The van der Waals surface area contributed by atoms with E-state index in [1.807, 2.05) is 6.92 Å². The van der Waals surface area contributed by atoms with Crippen LogP contribution in [-0.4, -0.2) is 21.5 Å². The monoisotopic (exact) mass is 219 g/mol. The molecule has 1 fully saturated rings. The lowest BCUT2D eigenvalue weighted by Gasteiger charge is -2.31. The Morgan fingerprint density at radius 2 is 2.12 bits per heavy atom. The third-order valence-corrected chi connectivity index (χ3v) is 2.23. The predicted octanol–water partition coefficient (Wildman–Crippen LogP) is 1.52. The van der Waals surface area contributed by atoms with E-state index in [9.17, 15) is 0 Å². The number of ether oxygens (including phenoxy) is 2. The molecule has 6 nitrogen and oxygen atoms in total. The zero-order chi connectivity index (χ0) is 11.0. The van der Waals surface area contributed by atoms with Crippen LogP contribution in [0.2, 0.25) is 0 Å². The van der Waals surface area contributed by atoms with E-state index in [4.69, 9.17) is 13.9 Å². The van der Waals surface area contributed by atoms with Crippen LogP contribution in [0.15, 0.2) is 29.1 Å². The zero-order valence-corrected chi connectivity index (χ0v) is 8.53. The summed E-state index contributed by atoms with van der Waals surface area (Å²) < 4.78 is 15.9. The van der Waals surface area contributed by atoms with E-state index in [1.165, 1.54) is 6.26 Å². The van der Waals surface area contributed by atoms with Gasteiger partial charge in [-0.2, -0.15) is 10.2 Å². The third kappa shape index (κ3) is 1.58. The van der Waals surface area contributed by atoms with Crippen LogP contribution in [-0.2, 0) is 9.47 Å². The van der Waals surface area contributed by atoms with Crippen molar-refractivity contribution in [1.29, 1.82) is 0 Å². The van der Waals surface area contributed by atoms with Crippen LogP contribution < -0.4 is 0 Å². The molecule has 3 heterocycles.